The summed E-state index contributed by atoms with van der Waals surface area (Å²) < 4.78 is 26.7. The lowest BCUT2D eigenvalue weighted by Crippen LogP contribution is -2.48. The molecule has 1 amide bonds. The average Bonchev–Trinajstić information content (AvgIpc) is 3.09. The number of aromatic amines is 1. The molecule has 3 N–H and O–H groups in total. The van der Waals surface area contributed by atoms with Crippen molar-refractivity contribution in [3.63, 3.8) is 0 Å². The Morgan fingerprint density at radius 1 is 1.07 bits per heavy atom. The summed E-state index contributed by atoms with van der Waals surface area (Å²) in [5, 5.41) is 3.81. The predicted molar refractivity (Wildman–Crippen MR) is 107 cm³/mol. The Morgan fingerprint density at radius 3 is 2.52 bits per heavy atom. The van der Waals surface area contributed by atoms with Gasteiger partial charge in [0.05, 0.1) is 5.75 Å². The van der Waals surface area contributed by atoms with Crippen molar-refractivity contribution in [2.45, 2.75) is 25.9 Å². The molecular formula is C20H23N3O3S. The molecule has 0 radical (unpaired) electrons. The van der Waals surface area contributed by atoms with E-state index in [2.05, 4.69) is 15.0 Å². The summed E-state index contributed by atoms with van der Waals surface area (Å²) in [5.41, 5.74) is 2.80. The van der Waals surface area contributed by atoms with Gasteiger partial charge in [-0.15, -0.1) is 0 Å². The molecule has 0 unspecified atom stereocenters. The van der Waals surface area contributed by atoms with Gasteiger partial charge in [-0.05, 0) is 30.5 Å². The van der Waals surface area contributed by atoms with Crippen LogP contribution in [-0.2, 0) is 27.8 Å². The van der Waals surface area contributed by atoms with Crippen molar-refractivity contribution in [3.05, 3.63) is 71.9 Å². The predicted octanol–water partition coefficient (Wildman–Crippen LogP) is 2.33. The first-order valence-corrected chi connectivity index (χ1v) is 10.5. The first-order chi connectivity index (χ1) is 13.0. The van der Waals surface area contributed by atoms with Gasteiger partial charge >= 0.3 is 0 Å². The number of sulfonamides is 1. The van der Waals surface area contributed by atoms with E-state index < -0.39 is 16.1 Å². The van der Waals surface area contributed by atoms with Crippen LogP contribution in [-0.4, -0.2) is 31.1 Å². The summed E-state index contributed by atoms with van der Waals surface area (Å²) >= 11 is 0. The van der Waals surface area contributed by atoms with Gasteiger partial charge in [-0.1, -0.05) is 48.5 Å². The minimum Gasteiger partial charge on any atom is -0.361 e. The minimum absolute atomic E-state index is 0.0800. The summed E-state index contributed by atoms with van der Waals surface area (Å²) in [7, 11) is -3.52. The van der Waals surface area contributed by atoms with Crippen molar-refractivity contribution in [2.24, 2.45) is 0 Å². The minimum atomic E-state index is -3.52. The van der Waals surface area contributed by atoms with Crippen molar-refractivity contribution >= 4 is 26.8 Å². The van der Waals surface area contributed by atoms with Gasteiger partial charge < -0.3 is 10.3 Å². The Bertz CT molecular complexity index is 1010. The van der Waals surface area contributed by atoms with E-state index in [1.165, 1.54) is 0 Å². The number of aromatic nitrogens is 1. The zero-order chi connectivity index (χ0) is 19.3. The number of benzene rings is 2. The van der Waals surface area contributed by atoms with Gasteiger partial charge in [0.1, 0.15) is 6.04 Å². The number of amides is 1. The molecule has 1 heterocycles. The molecular weight excluding hydrogens is 362 g/mol. The maximum atomic E-state index is 12.7. The number of fused-ring (bicyclic) bond motifs is 1. The Labute approximate surface area is 159 Å². The summed E-state index contributed by atoms with van der Waals surface area (Å²) in [6, 6.07) is 16.4. The fraction of sp³-hybridized carbons (Fsp3) is 0.250. The van der Waals surface area contributed by atoms with Crippen molar-refractivity contribution in [2.75, 3.05) is 5.75 Å². The highest BCUT2D eigenvalue weighted by Crippen LogP contribution is 2.19. The molecule has 7 heteroatoms. The Hall–Kier alpha value is -2.64. The second kappa shape index (κ2) is 8.37. The lowest BCUT2D eigenvalue weighted by Gasteiger charge is -2.18. The molecule has 0 aliphatic carbocycles. The fourth-order valence-corrected chi connectivity index (χ4v) is 3.71. The maximum absolute atomic E-state index is 12.7. The largest absolute Gasteiger partial charge is 0.361 e. The standard InChI is InChI=1S/C20H23N3O3S/c1-2-27(25,26)23-19(20(24)22-13-15-8-4-3-5-9-15)12-16-14-21-18-11-7-6-10-17(16)18/h3-11,14,19,21,23H,2,12-13H2,1H3,(H,22,24)/t19-/m0/s1. The van der Waals surface area contributed by atoms with E-state index in [-0.39, 0.29) is 18.1 Å². The number of carbonyl (C=O) groups is 1. The molecule has 0 spiro atoms. The number of nitrogens with one attached hydrogen (secondary N) is 3. The van der Waals surface area contributed by atoms with E-state index in [0.29, 0.717) is 6.54 Å². The molecule has 0 bridgehead atoms. The van der Waals surface area contributed by atoms with Crippen LogP contribution in [0.25, 0.3) is 10.9 Å². The van der Waals surface area contributed by atoms with E-state index in [1.807, 2.05) is 60.8 Å². The second-order valence-corrected chi connectivity index (χ2v) is 8.38. The van der Waals surface area contributed by atoms with Gasteiger partial charge in [-0.2, -0.15) is 0 Å². The van der Waals surface area contributed by atoms with Crippen LogP contribution in [0.4, 0.5) is 0 Å². The van der Waals surface area contributed by atoms with Gasteiger partial charge in [0.25, 0.3) is 0 Å². The lowest BCUT2D eigenvalue weighted by molar-refractivity contribution is -0.122. The Balaban J connectivity index is 1.78. The average molecular weight is 385 g/mol. The van der Waals surface area contributed by atoms with Gasteiger partial charge in [0.2, 0.25) is 15.9 Å². The first-order valence-electron chi connectivity index (χ1n) is 8.85. The van der Waals surface area contributed by atoms with Crippen LogP contribution in [0.3, 0.4) is 0 Å². The number of para-hydroxylation sites is 1. The molecule has 0 aliphatic rings. The third kappa shape index (κ3) is 4.96. The van der Waals surface area contributed by atoms with Gasteiger partial charge in [0, 0.05) is 23.6 Å². The highest BCUT2D eigenvalue weighted by atomic mass is 32.2. The van der Waals surface area contributed by atoms with Crippen LogP contribution in [0.15, 0.2) is 60.8 Å². The second-order valence-electron chi connectivity index (χ2n) is 6.34. The number of H-pyrrole nitrogens is 1. The number of carbonyl (C=O) groups excluding carboxylic acids is 1. The third-order valence-corrected chi connectivity index (χ3v) is 5.83. The highest BCUT2D eigenvalue weighted by molar-refractivity contribution is 7.89. The normalized spacial score (nSPS) is 12.8. The zero-order valence-corrected chi connectivity index (χ0v) is 15.9. The van der Waals surface area contributed by atoms with Gasteiger partial charge in [-0.25, -0.2) is 13.1 Å². The quantitative estimate of drug-likeness (QED) is 0.556. The molecule has 0 saturated carbocycles. The molecule has 3 rings (SSSR count). The highest BCUT2D eigenvalue weighted by Gasteiger charge is 2.24. The smallest absolute Gasteiger partial charge is 0.238 e. The molecule has 1 atom stereocenters. The van der Waals surface area contributed by atoms with E-state index in [1.54, 1.807) is 6.92 Å². The van der Waals surface area contributed by atoms with Crippen LogP contribution < -0.4 is 10.0 Å². The van der Waals surface area contributed by atoms with Gasteiger partial charge in [0.15, 0.2) is 0 Å². The van der Waals surface area contributed by atoms with Crippen molar-refractivity contribution in [3.8, 4) is 0 Å². The van der Waals surface area contributed by atoms with Crippen LogP contribution in [0.2, 0.25) is 0 Å². The van der Waals surface area contributed by atoms with Crippen LogP contribution in [0.5, 0.6) is 0 Å². The van der Waals surface area contributed by atoms with E-state index in [4.69, 9.17) is 0 Å². The molecule has 0 fully saturated rings. The van der Waals surface area contributed by atoms with E-state index in [9.17, 15) is 13.2 Å². The molecule has 3 aromatic rings. The van der Waals surface area contributed by atoms with E-state index >= 15 is 0 Å². The third-order valence-electron chi connectivity index (χ3n) is 4.43. The van der Waals surface area contributed by atoms with E-state index in [0.717, 1.165) is 22.0 Å². The van der Waals surface area contributed by atoms with Crippen molar-refractivity contribution in [1.82, 2.24) is 15.0 Å². The summed E-state index contributed by atoms with van der Waals surface area (Å²) in [5.74, 6) is -0.426. The number of hydrogen-bond donors (Lipinski definition) is 3. The van der Waals surface area contributed by atoms with Crippen LogP contribution >= 0.6 is 0 Å². The van der Waals surface area contributed by atoms with Gasteiger partial charge in [-0.3, -0.25) is 4.79 Å². The summed E-state index contributed by atoms with van der Waals surface area (Å²) in [6.07, 6.45) is 2.09. The van der Waals surface area contributed by atoms with Crippen LogP contribution in [0, 0.1) is 0 Å². The summed E-state index contributed by atoms with van der Waals surface area (Å²) in [4.78, 5) is 15.9. The van der Waals surface area contributed by atoms with Crippen molar-refractivity contribution < 1.29 is 13.2 Å². The molecule has 1 aromatic heterocycles. The SMILES string of the molecule is CCS(=O)(=O)N[C@@H](Cc1c[nH]c2ccccc12)C(=O)NCc1ccccc1. The monoisotopic (exact) mass is 385 g/mol. The fourth-order valence-electron chi connectivity index (χ4n) is 2.92. The molecule has 6 nitrogen and oxygen atoms in total. The number of hydrogen-bond acceptors (Lipinski definition) is 3. The Morgan fingerprint density at radius 2 is 1.78 bits per heavy atom. The van der Waals surface area contributed by atoms with Crippen molar-refractivity contribution in [1.29, 1.82) is 0 Å². The number of rotatable bonds is 8. The molecule has 0 saturated heterocycles. The molecule has 0 aliphatic heterocycles. The first kappa shape index (κ1) is 19.1. The topological polar surface area (TPSA) is 91.1 Å². The molecule has 142 valence electrons. The lowest BCUT2D eigenvalue weighted by atomic mass is 10.0. The maximum Gasteiger partial charge on any atom is 0.238 e. The molecule has 2 aromatic carbocycles. The van der Waals surface area contributed by atoms with Crippen LogP contribution in [0.1, 0.15) is 18.1 Å². The zero-order valence-electron chi connectivity index (χ0n) is 15.1. The molecule has 27 heavy (non-hydrogen) atoms. The summed E-state index contributed by atoms with van der Waals surface area (Å²) in [6.45, 7) is 1.89. The Kier molecular flexibility index (Phi) is 5.93.